The molecule has 1 aromatic carbocycles. The van der Waals surface area contributed by atoms with E-state index < -0.39 is 0 Å². The molecule has 4 nitrogen and oxygen atoms in total. The minimum absolute atomic E-state index is 0.147. The second-order valence-electron chi connectivity index (χ2n) is 5.52. The van der Waals surface area contributed by atoms with E-state index in [1.165, 1.54) is 0 Å². The molecule has 0 unspecified atom stereocenters. The number of aromatic nitrogens is 1. The Morgan fingerprint density at radius 3 is 2.74 bits per heavy atom. The molecule has 2 heterocycles. The topological polar surface area (TPSA) is 43.4 Å². The lowest BCUT2D eigenvalue weighted by Crippen LogP contribution is -2.21. The number of hydrogen-bond donors (Lipinski definition) is 1. The maximum Gasteiger partial charge on any atom is 0.162 e. The van der Waals surface area contributed by atoms with Crippen molar-refractivity contribution in [1.29, 1.82) is 0 Å². The molecular weight excluding hydrogens is 335 g/mol. The Kier molecular flexibility index (Phi) is 5.26. The van der Waals surface area contributed by atoms with Crippen LogP contribution < -0.4 is 14.8 Å². The van der Waals surface area contributed by atoms with Crippen LogP contribution >= 0.6 is 23.2 Å². The summed E-state index contributed by atoms with van der Waals surface area (Å²) in [5.41, 5.74) is 0.961. The first-order chi connectivity index (χ1) is 11.2. The fraction of sp³-hybridized carbons (Fsp3) is 0.353. The van der Waals surface area contributed by atoms with Crippen molar-refractivity contribution >= 4 is 23.2 Å². The van der Waals surface area contributed by atoms with Gasteiger partial charge in [-0.2, -0.15) is 0 Å². The van der Waals surface area contributed by atoms with Crippen LogP contribution in [0.25, 0.3) is 0 Å². The number of nitrogens with zero attached hydrogens (tertiary/aromatic N) is 1. The van der Waals surface area contributed by atoms with Crippen LogP contribution in [-0.4, -0.2) is 25.2 Å². The predicted molar refractivity (Wildman–Crippen MR) is 91.6 cm³/mol. The molecule has 23 heavy (non-hydrogen) atoms. The summed E-state index contributed by atoms with van der Waals surface area (Å²) in [5.74, 6) is 1.62. The number of ether oxygens (including phenoxy) is 2. The van der Waals surface area contributed by atoms with Crippen LogP contribution in [-0.2, 0) is 0 Å². The van der Waals surface area contributed by atoms with Gasteiger partial charge in [-0.15, -0.1) is 0 Å². The predicted octanol–water partition coefficient (Wildman–Crippen LogP) is 4.13. The van der Waals surface area contributed by atoms with Gasteiger partial charge in [-0.05, 0) is 31.2 Å². The largest absolute Gasteiger partial charge is 0.493 e. The molecule has 1 saturated heterocycles. The van der Waals surface area contributed by atoms with E-state index >= 15 is 0 Å². The Bertz CT molecular complexity index is 675. The first-order valence-corrected chi connectivity index (χ1v) is 8.24. The Labute approximate surface area is 145 Å². The SMILES string of the molecule is COc1cc(Cl)ccc1O[C@@H](c1cncc(Cl)c1)[C@H]1CCNC1. The zero-order valence-corrected chi connectivity index (χ0v) is 14.3. The lowest BCUT2D eigenvalue weighted by molar-refractivity contribution is 0.139. The van der Waals surface area contributed by atoms with Gasteiger partial charge in [-0.1, -0.05) is 23.2 Å². The molecule has 0 spiro atoms. The number of hydrogen-bond acceptors (Lipinski definition) is 4. The lowest BCUT2D eigenvalue weighted by Gasteiger charge is -2.25. The molecule has 1 fully saturated rings. The van der Waals surface area contributed by atoms with Crippen LogP contribution in [0.1, 0.15) is 18.1 Å². The molecule has 3 rings (SSSR count). The molecule has 0 amide bonds. The van der Waals surface area contributed by atoms with E-state index in [4.69, 9.17) is 32.7 Å². The second-order valence-corrected chi connectivity index (χ2v) is 6.40. The molecule has 0 bridgehead atoms. The molecule has 122 valence electrons. The molecule has 6 heteroatoms. The van der Waals surface area contributed by atoms with Gasteiger partial charge in [0.1, 0.15) is 6.10 Å². The van der Waals surface area contributed by atoms with Gasteiger partial charge in [0.15, 0.2) is 11.5 Å². The van der Waals surface area contributed by atoms with Crippen molar-refractivity contribution in [2.75, 3.05) is 20.2 Å². The van der Waals surface area contributed by atoms with Crippen molar-refractivity contribution in [3.8, 4) is 11.5 Å². The van der Waals surface area contributed by atoms with Crippen LogP contribution in [0.2, 0.25) is 10.0 Å². The van der Waals surface area contributed by atoms with Crippen LogP contribution in [0.15, 0.2) is 36.7 Å². The van der Waals surface area contributed by atoms with Gasteiger partial charge in [-0.3, -0.25) is 4.98 Å². The molecule has 1 N–H and O–H groups in total. The first-order valence-electron chi connectivity index (χ1n) is 7.48. The first kappa shape index (κ1) is 16.4. The van der Waals surface area contributed by atoms with Gasteiger partial charge < -0.3 is 14.8 Å². The maximum absolute atomic E-state index is 6.29. The Hall–Kier alpha value is -1.49. The number of rotatable bonds is 5. The van der Waals surface area contributed by atoms with Crippen molar-refractivity contribution in [3.05, 3.63) is 52.3 Å². The zero-order chi connectivity index (χ0) is 16.2. The van der Waals surface area contributed by atoms with E-state index in [-0.39, 0.29) is 6.10 Å². The van der Waals surface area contributed by atoms with E-state index in [0.717, 1.165) is 25.1 Å². The fourth-order valence-corrected chi connectivity index (χ4v) is 3.18. The molecule has 1 aliphatic heterocycles. The van der Waals surface area contributed by atoms with Crippen molar-refractivity contribution in [2.24, 2.45) is 5.92 Å². The van der Waals surface area contributed by atoms with Gasteiger partial charge >= 0.3 is 0 Å². The highest BCUT2D eigenvalue weighted by Gasteiger charge is 2.29. The third-order valence-corrected chi connectivity index (χ3v) is 4.40. The molecule has 1 aliphatic rings. The van der Waals surface area contributed by atoms with Gasteiger partial charge in [0.05, 0.1) is 12.1 Å². The van der Waals surface area contributed by atoms with E-state index in [0.29, 0.717) is 27.5 Å². The summed E-state index contributed by atoms with van der Waals surface area (Å²) in [6.07, 6.45) is 4.31. The molecule has 0 aliphatic carbocycles. The van der Waals surface area contributed by atoms with E-state index in [1.807, 2.05) is 12.1 Å². The number of benzene rings is 1. The second kappa shape index (κ2) is 7.39. The van der Waals surface area contributed by atoms with Crippen LogP contribution in [0.5, 0.6) is 11.5 Å². The van der Waals surface area contributed by atoms with Crippen LogP contribution in [0.3, 0.4) is 0 Å². The Morgan fingerprint density at radius 1 is 1.17 bits per heavy atom. The molecule has 2 aromatic rings. The summed E-state index contributed by atoms with van der Waals surface area (Å²) in [6.45, 7) is 1.88. The van der Waals surface area contributed by atoms with Crippen LogP contribution in [0, 0.1) is 5.92 Å². The van der Waals surface area contributed by atoms with Crippen molar-refractivity contribution in [2.45, 2.75) is 12.5 Å². The fourth-order valence-electron chi connectivity index (χ4n) is 2.83. The maximum atomic E-state index is 6.29. The summed E-state index contributed by atoms with van der Waals surface area (Å²) < 4.78 is 11.7. The van der Waals surface area contributed by atoms with Crippen molar-refractivity contribution < 1.29 is 9.47 Å². The average molecular weight is 353 g/mol. The molecule has 1 aromatic heterocycles. The smallest absolute Gasteiger partial charge is 0.162 e. The quantitative estimate of drug-likeness (QED) is 0.878. The van der Waals surface area contributed by atoms with Gasteiger partial charge in [-0.25, -0.2) is 0 Å². The number of halogens is 2. The summed E-state index contributed by atoms with van der Waals surface area (Å²) in [6, 6.07) is 7.27. The van der Waals surface area contributed by atoms with Gasteiger partial charge in [0.25, 0.3) is 0 Å². The summed E-state index contributed by atoms with van der Waals surface area (Å²) in [7, 11) is 1.60. The number of methoxy groups -OCH3 is 1. The molecule has 0 saturated carbocycles. The van der Waals surface area contributed by atoms with E-state index in [9.17, 15) is 0 Å². The summed E-state index contributed by atoms with van der Waals surface area (Å²) >= 11 is 12.1. The highest BCUT2D eigenvalue weighted by Crippen LogP contribution is 2.37. The van der Waals surface area contributed by atoms with Crippen molar-refractivity contribution in [1.82, 2.24) is 10.3 Å². The zero-order valence-electron chi connectivity index (χ0n) is 12.8. The highest BCUT2D eigenvalue weighted by molar-refractivity contribution is 6.30. The molecular formula is C17H18Cl2N2O2. The molecule has 0 radical (unpaired) electrons. The summed E-state index contributed by atoms with van der Waals surface area (Å²) in [5, 5.41) is 4.59. The minimum Gasteiger partial charge on any atom is -0.493 e. The monoisotopic (exact) mass is 352 g/mol. The van der Waals surface area contributed by atoms with E-state index in [2.05, 4.69) is 10.3 Å². The Balaban J connectivity index is 1.93. The normalized spacial score (nSPS) is 18.7. The van der Waals surface area contributed by atoms with E-state index in [1.54, 1.807) is 31.6 Å². The summed E-state index contributed by atoms with van der Waals surface area (Å²) in [4.78, 5) is 4.19. The number of pyridine rings is 1. The lowest BCUT2D eigenvalue weighted by atomic mass is 9.96. The number of nitrogens with one attached hydrogen (secondary N) is 1. The third kappa shape index (κ3) is 3.89. The average Bonchev–Trinajstić information content (AvgIpc) is 3.07. The third-order valence-electron chi connectivity index (χ3n) is 3.96. The minimum atomic E-state index is -0.147. The Morgan fingerprint density at radius 2 is 2.04 bits per heavy atom. The van der Waals surface area contributed by atoms with Gasteiger partial charge in [0.2, 0.25) is 0 Å². The standard InChI is InChI=1S/C17H18Cl2N2O2/c1-22-16-7-13(18)2-3-15(16)23-17(11-4-5-20-8-11)12-6-14(19)10-21-9-12/h2-3,6-7,9-11,17,20H,4-5,8H2,1H3/t11-,17+/m0/s1. The van der Waals surface area contributed by atoms with Gasteiger partial charge in [0, 0.05) is 41.5 Å². The highest BCUT2D eigenvalue weighted by atomic mass is 35.5. The van der Waals surface area contributed by atoms with Crippen LogP contribution in [0.4, 0.5) is 0 Å². The molecule has 2 atom stereocenters. The van der Waals surface area contributed by atoms with Crippen molar-refractivity contribution in [3.63, 3.8) is 0 Å².